The van der Waals surface area contributed by atoms with Gasteiger partial charge in [0, 0.05) is 26.1 Å². The zero-order valence-corrected chi connectivity index (χ0v) is 9.38. The average Bonchev–Trinajstić information content (AvgIpc) is 2.27. The van der Waals surface area contributed by atoms with Crippen molar-refractivity contribution in [3.05, 3.63) is 0 Å². The highest BCUT2D eigenvalue weighted by Crippen LogP contribution is 2.14. The minimum Gasteiger partial charge on any atom is -0.390 e. The van der Waals surface area contributed by atoms with Crippen LogP contribution >= 0.6 is 0 Å². The van der Waals surface area contributed by atoms with Crippen LogP contribution in [0.25, 0.3) is 0 Å². The molecule has 1 rings (SSSR count). The van der Waals surface area contributed by atoms with Crippen LogP contribution in [-0.4, -0.2) is 54.1 Å². The number of likely N-dealkylation sites (tertiary alicyclic amines) is 1. The fourth-order valence-electron chi connectivity index (χ4n) is 1.75. The topological polar surface area (TPSA) is 52.6 Å². The highest BCUT2D eigenvalue weighted by molar-refractivity contribution is 5.73. The van der Waals surface area contributed by atoms with E-state index >= 15 is 0 Å². The second-order valence-corrected chi connectivity index (χ2v) is 4.18. The van der Waals surface area contributed by atoms with Crippen molar-refractivity contribution < 1.29 is 18.7 Å². The first-order valence-corrected chi connectivity index (χ1v) is 5.42. The molecule has 0 aliphatic carbocycles. The minimum atomic E-state index is -3.06. The number of alkyl halides is 2. The molecule has 1 saturated heterocycles. The SMILES string of the molecule is CC(=O)N1CCC(NCC(F)(F)CO)CC1. The van der Waals surface area contributed by atoms with Gasteiger partial charge in [0.05, 0.1) is 6.54 Å². The summed E-state index contributed by atoms with van der Waals surface area (Å²) >= 11 is 0. The molecule has 1 fully saturated rings. The van der Waals surface area contributed by atoms with Crippen LogP contribution in [-0.2, 0) is 4.79 Å². The van der Waals surface area contributed by atoms with E-state index in [9.17, 15) is 13.6 Å². The van der Waals surface area contributed by atoms with E-state index in [1.807, 2.05) is 0 Å². The Hall–Kier alpha value is -0.750. The summed E-state index contributed by atoms with van der Waals surface area (Å²) in [4.78, 5) is 12.7. The number of amides is 1. The molecular formula is C10H18F2N2O2. The summed E-state index contributed by atoms with van der Waals surface area (Å²) in [7, 11) is 0. The molecule has 6 heteroatoms. The van der Waals surface area contributed by atoms with Gasteiger partial charge < -0.3 is 15.3 Å². The number of carbonyl (C=O) groups is 1. The molecule has 0 aromatic heterocycles. The van der Waals surface area contributed by atoms with Crippen LogP contribution in [0, 0.1) is 0 Å². The molecule has 1 heterocycles. The van der Waals surface area contributed by atoms with Crippen molar-refractivity contribution in [2.24, 2.45) is 0 Å². The lowest BCUT2D eigenvalue weighted by atomic mass is 10.0. The highest BCUT2D eigenvalue weighted by Gasteiger charge is 2.29. The van der Waals surface area contributed by atoms with E-state index in [1.165, 1.54) is 6.92 Å². The number of carbonyl (C=O) groups excluding carboxylic acids is 1. The Bertz CT molecular complexity index is 241. The van der Waals surface area contributed by atoms with Crippen LogP contribution in [0.15, 0.2) is 0 Å². The summed E-state index contributed by atoms with van der Waals surface area (Å²) in [5.41, 5.74) is 0. The van der Waals surface area contributed by atoms with E-state index in [0.717, 1.165) is 0 Å². The number of piperidine rings is 1. The third-order valence-corrected chi connectivity index (χ3v) is 2.82. The Morgan fingerprint density at radius 2 is 2.06 bits per heavy atom. The van der Waals surface area contributed by atoms with E-state index in [1.54, 1.807) is 4.90 Å². The Balaban J connectivity index is 2.25. The summed E-state index contributed by atoms with van der Waals surface area (Å²) in [5, 5.41) is 11.1. The molecule has 0 radical (unpaired) electrons. The molecule has 16 heavy (non-hydrogen) atoms. The van der Waals surface area contributed by atoms with Gasteiger partial charge in [0.25, 0.3) is 5.92 Å². The van der Waals surface area contributed by atoms with Crippen molar-refractivity contribution in [1.29, 1.82) is 0 Å². The van der Waals surface area contributed by atoms with Crippen LogP contribution in [0.5, 0.6) is 0 Å². The number of halogens is 2. The molecule has 0 unspecified atom stereocenters. The molecule has 0 saturated carbocycles. The standard InChI is InChI=1S/C10H18F2N2O2/c1-8(16)14-4-2-9(3-5-14)13-6-10(11,12)7-15/h9,13,15H,2-7H2,1H3. The van der Waals surface area contributed by atoms with Gasteiger partial charge in [0.15, 0.2) is 0 Å². The normalized spacial score (nSPS) is 18.9. The predicted molar refractivity (Wildman–Crippen MR) is 55.3 cm³/mol. The van der Waals surface area contributed by atoms with Crippen LogP contribution in [0.1, 0.15) is 19.8 Å². The summed E-state index contributed by atoms with van der Waals surface area (Å²) in [6.07, 6.45) is 1.36. The molecule has 0 spiro atoms. The number of nitrogens with one attached hydrogen (secondary N) is 1. The number of hydrogen-bond acceptors (Lipinski definition) is 3. The Morgan fingerprint density at radius 1 is 1.50 bits per heavy atom. The third-order valence-electron chi connectivity index (χ3n) is 2.82. The first-order chi connectivity index (χ1) is 7.44. The highest BCUT2D eigenvalue weighted by atomic mass is 19.3. The first kappa shape index (κ1) is 13.3. The lowest BCUT2D eigenvalue weighted by Crippen LogP contribution is -2.47. The van der Waals surface area contributed by atoms with Crippen LogP contribution in [0.3, 0.4) is 0 Å². The molecule has 94 valence electrons. The number of aliphatic hydroxyl groups is 1. The average molecular weight is 236 g/mol. The first-order valence-electron chi connectivity index (χ1n) is 5.42. The van der Waals surface area contributed by atoms with Gasteiger partial charge in [0.1, 0.15) is 6.61 Å². The Morgan fingerprint density at radius 3 is 2.50 bits per heavy atom. The van der Waals surface area contributed by atoms with Gasteiger partial charge in [-0.1, -0.05) is 0 Å². The molecule has 1 aliphatic heterocycles. The monoisotopic (exact) mass is 236 g/mol. The summed E-state index contributed by atoms with van der Waals surface area (Å²) in [6.45, 7) is 1.09. The van der Waals surface area contributed by atoms with E-state index in [2.05, 4.69) is 5.32 Å². The largest absolute Gasteiger partial charge is 0.390 e. The van der Waals surface area contributed by atoms with E-state index in [4.69, 9.17) is 5.11 Å². The van der Waals surface area contributed by atoms with Gasteiger partial charge in [-0.3, -0.25) is 4.79 Å². The zero-order valence-electron chi connectivity index (χ0n) is 9.38. The van der Waals surface area contributed by atoms with Gasteiger partial charge in [-0.15, -0.1) is 0 Å². The maximum Gasteiger partial charge on any atom is 0.282 e. The third kappa shape index (κ3) is 4.02. The fourth-order valence-corrected chi connectivity index (χ4v) is 1.75. The van der Waals surface area contributed by atoms with E-state index in [0.29, 0.717) is 25.9 Å². The number of hydrogen-bond donors (Lipinski definition) is 2. The molecule has 4 nitrogen and oxygen atoms in total. The summed E-state index contributed by atoms with van der Waals surface area (Å²) < 4.78 is 25.5. The molecule has 1 amide bonds. The Kier molecular flexibility index (Phi) is 4.61. The van der Waals surface area contributed by atoms with Crippen molar-refractivity contribution >= 4 is 5.91 Å². The smallest absolute Gasteiger partial charge is 0.282 e. The second kappa shape index (κ2) is 5.54. The molecule has 0 aromatic carbocycles. The van der Waals surface area contributed by atoms with Crippen molar-refractivity contribution in [2.75, 3.05) is 26.2 Å². The van der Waals surface area contributed by atoms with Gasteiger partial charge in [-0.25, -0.2) is 8.78 Å². The van der Waals surface area contributed by atoms with Gasteiger partial charge in [-0.05, 0) is 12.8 Å². The maximum atomic E-state index is 12.7. The summed E-state index contributed by atoms with van der Waals surface area (Å²) in [5.74, 6) is -3.03. The number of aliphatic hydroxyl groups excluding tert-OH is 1. The lowest BCUT2D eigenvalue weighted by molar-refractivity contribution is -0.130. The molecular weight excluding hydrogens is 218 g/mol. The predicted octanol–water partition coefficient (Wildman–Crippen LogP) is 0.214. The molecule has 0 atom stereocenters. The van der Waals surface area contributed by atoms with Crippen LogP contribution in [0.4, 0.5) is 8.78 Å². The fraction of sp³-hybridized carbons (Fsp3) is 0.900. The second-order valence-electron chi connectivity index (χ2n) is 4.18. The quantitative estimate of drug-likeness (QED) is 0.734. The van der Waals surface area contributed by atoms with Crippen LogP contribution < -0.4 is 5.32 Å². The number of rotatable bonds is 4. The van der Waals surface area contributed by atoms with Gasteiger partial charge in [0.2, 0.25) is 5.91 Å². The molecule has 2 N–H and O–H groups in total. The minimum absolute atomic E-state index is 0.00743. The van der Waals surface area contributed by atoms with E-state index in [-0.39, 0.29) is 11.9 Å². The summed E-state index contributed by atoms with van der Waals surface area (Å²) in [6, 6.07) is 0.00743. The van der Waals surface area contributed by atoms with Crippen LogP contribution in [0.2, 0.25) is 0 Å². The van der Waals surface area contributed by atoms with E-state index < -0.39 is 19.1 Å². The van der Waals surface area contributed by atoms with Crippen molar-refractivity contribution in [1.82, 2.24) is 10.2 Å². The van der Waals surface area contributed by atoms with Crippen molar-refractivity contribution in [3.63, 3.8) is 0 Å². The molecule has 1 aliphatic rings. The Labute approximate surface area is 93.6 Å². The van der Waals surface area contributed by atoms with Gasteiger partial charge >= 0.3 is 0 Å². The van der Waals surface area contributed by atoms with Crippen molar-refractivity contribution in [2.45, 2.75) is 31.7 Å². The number of nitrogens with zero attached hydrogens (tertiary/aromatic N) is 1. The lowest BCUT2D eigenvalue weighted by Gasteiger charge is -2.32. The zero-order chi connectivity index (χ0) is 12.2. The van der Waals surface area contributed by atoms with Gasteiger partial charge in [-0.2, -0.15) is 0 Å². The maximum absolute atomic E-state index is 12.7. The molecule has 0 aromatic rings. The molecule has 0 bridgehead atoms. The van der Waals surface area contributed by atoms with Crippen molar-refractivity contribution in [3.8, 4) is 0 Å².